The maximum Gasteiger partial charge on any atom is 0.253 e. The quantitative estimate of drug-likeness (QED) is 0.529. The monoisotopic (exact) mass is 445 g/mol. The van der Waals surface area contributed by atoms with Crippen molar-refractivity contribution in [1.82, 2.24) is 14.8 Å². The fourth-order valence-electron chi connectivity index (χ4n) is 4.43. The second-order valence-electron chi connectivity index (χ2n) is 9.13. The predicted octanol–water partition coefficient (Wildman–Crippen LogP) is 4.46. The van der Waals surface area contributed by atoms with Crippen LogP contribution in [0.25, 0.3) is 11.3 Å². The van der Waals surface area contributed by atoms with E-state index in [9.17, 15) is 4.79 Å². The average molecular weight is 446 g/mol. The van der Waals surface area contributed by atoms with E-state index in [1.807, 2.05) is 12.1 Å². The molecular formula is C28H35N3O2. The minimum Gasteiger partial charge on any atom is -0.379 e. The van der Waals surface area contributed by atoms with Gasteiger partial charge in [0.1, 0.15) is 0 Å². The van der Waals surface area contributed by atoms with Crippen LogP contribution in [0.2, 0.25) is 0 Å². The number of hydrogen-bond donors (Lipinski definition) is 1. The Bertz CT molecular complexity index is 1020. The highest BCUT2D eigenvalue weighted by molar-refractivity contribution is 5.97. The number of carbonyl (C=O) groups excluding carboxylic acids is 1. The molecule has 0 bridgehead atoms. The highest BCUT2D eigenvalue weighted by Crippen LogP contribution is 2.29. The molecule has 1 aliphatic heterocycles. The van der Waals surface area contributed by atoms with Gasteiger partial charge >= 0.3 is 0 Å². The first-order valence-electron chi connectivity index (χ1n) is 12.0. The summed E-state index contributed by atoms with van der Waals surface area (Å²) in [6.45, 7) is 10.2. The highest BCUT2D eigenvalue weighted by Gasteiger charge is 2.22. The van der Waals surface area contributed by atoms with Crippen molar-refractivity contribution in [3.05, 3.63) is 83.6 Å². The molecule has 0 atom stereocenters. The minimum absolute atomic E-state index is 0.00822. The van der Waals surface area contributed by atoms with Gasteiger partial charge in [-0.05, 0) is 23.1 Å². The van der Waals surface area contributed by atoms with Crippen LogP contribution in [0.1, 0.15) is 35.5 Å². The standard InChI is InChI=1S/C28H35N3O2/c1-22(2)21-31-26(24-11-7-4-8-12-24)20-25(27(31)19-23-9-5-3-6-10-23)28(32)29-13-14-30-15-17-33-18-16-30/h3-12,20,22H,13-19,21H2,1-2H3,(H,29,32). The van der Waals surface area contributed by atoms with Crippen molar-refractivity contribution in [3.63, 3.8) is 0 Å². The lowest BCUT2D eigenvalue weighted by molar-refractivity contribution is 0.0383. The second kappa shape index (κ2) is 11.3. The molecule has 1 aliphatic rings. The van der Waals surface area contributed by atoms with Gasteiger partial charge in [-0.25, -0.2) is 0 Å². The highest BCUT2D eigenvalue weighted by atomic mass is 16.5. The van der Waals surface area contributed by atoms with E-state index in [1.165, 1.54) is 5.56 Å². The molecule has 1 saturated heterocycles. The van der Waals surface area contributed by atoms with Gasteiger partial charge in [0.05, 0.1) is 18.8 Å². The van der Waals surface area contributed by atoms with Crippen LogP contribution in [0, 0.1) is 5.92 Å². The van der Waals surface area contributed by atoms with Crippen LogP contribution in [0.15, 0.2) is 66.7 Å². The summed E-state index contributed by atoms with van der Waals surface area (Å²) in [4.78, 5) is 15.8. The Morgan fingerprint density at radius 3 is 2.33 bits per heavy atom. The SMILES string of the molecule is CC(C)Cn1c(-c2ccccc2)cc(C(=O)NCCN2CCOCC2)c1Cc1ccccc1. The van der Waals surface area contributed by atoms with Crippen molar-refractivity contribution in [2.75, 3.05) is 39.4 Å². The van der Waals surface area contributed by atoms with E-state index in [0.29, 0.717) is 12.5 Å². The fraction of sp³-hybridized carbons (Fsp3) is 0.393. The molecule has 1 N–H and O–H groups in total. The molecule has 1 fully saturated rings. The van der Waals surface area contributed by atoms with Crippen LogP contribution in [0.4, 0.5) is 0 Å². The Kier molecular flexibility index (Phi) is 7.97. The number of ether oxygens (including phenoxy) is 1. The number of nitrogens with one attached hydrogen (secondary N) is 1. The Labute approximate surface area is 197 Å². The average Bonchev–Trinajstić information content (AvgIpc) is 3.18. The van der Waals surface area contributed by atoms with E-state index >= 15 is 0 Å². The molecule has 5 nitrogen and oxygen atoms in total. The van der Waals surface area contributed by atoms with E-state index in [-0.39, 0.29) is 5.91 Å². The lowest BCUT2D eigenvalue weighted by Crippen LogP contribution is -2.41. The Morgan fingerprint density at radius 1 is 1.00 bits per heavy atom. The molecular weight excluding hydrogens is 410 g/mol. The van der Waals surface area contributed by atoms with Gasteiger partial charge in [-0.2, -0.15) is 0 Å². The Hall–Kier alpha value is -2.89. The third kappa shape index (κ3) is 6.12. The number of aromatic nitrogens is 1. The van der Waals surface area contributed by atoms with E-state index in [2.05, 4.69) is 83.2 Å². The maximum absolute atomic E-state index is 13.4. The number of morpholine rings is 1. The van der Waals surface area contributed by atoms with Crippen molar-refractivity contribution < 1.29 is 9.53 Å². The molecule has 2 heterocycles. The predicted molar refractivity (Wildman–Crippen MR) is 134 cm³/mol. The lowest BCUT2D eigenvalue weighted by atomic mass is 10.1. The number of amides is 1. The van der Waals surface area contributed by atoms with Crippen LogP contribution < -0.4 is 5.32 Å². The summed E-state index contributed by atoms with van der Waals surface area (Å²) in [5, 5.41) is 3.18. The van der Waals surface area contributed by atoms with E-state index in [1.54, 1.807) is 0 Å². The van der Waals surface area contributed by atoms with Gasteiger partial charge in [-0.3, -0.25) is 9.69 Å². The number of hydrogen-bond acceptors (Lipinski definition) is 3. The molecule has 5 heteroatoms. The number of carbonyl (C=O) groups is 1. The summed E-state index contributed by atoms with van der Waals surface area (Å²) < 4.78 is 7.78. The number of nitrogens with zero attached hydrogens (tertiary/aromatic N) is 2. The molecule has 1 amide bonds. The van der Waals surface area contributed by atoms with Gasteiger partial charge in [0.2, 0.25) is 0 Å². The third-order valence-electron chi connectivity index (χ3n) is 6.10. The molecule has 4 rings (SSSR count). The minimum atomic E-state index is 0.00822. The summed E-state index contributed by atoms with van der Waals surface area (Å²) >= 11 is 0. The van der Waals surface area contributed by atoms with Gasteiger partial charge in [0.25, 0.3) is 5.91 Å². The first kappa shape index (κ1) is 23.3. The van der Waals surface area contributed by atoms with Gasteiger partial charge in [0, 0.05) is 50.5 Å². The topological polar surface area (TPSA) is 46.5 Å². The number of rotatable bonds is 9. The van der Waals surface area contributed by atoms with Crippen molar-refractivity contribution in [3.8, 4) is 11.3 Å². The largest absolute Gasteiger partial charge is 0.379 e. The summed E-state index contributed by atoms with van der Waals surface area (Å²) in [6.07, 6.45) is 0.729. The first-order chi connectivity index (χ1) is 16.1. The number of benzene rings is 2. The molecule has 0 saturated carbocycles. The fourth-order valence-corrected chi connectivity index (χ4v) is 4.43. The Balaban J connectivity index is 1.64. The van der Waals surface area contributed by atoms with Crippen LogP contribution in [0.5, 0.6) is 0 Å². The molecule has 0 spiro atoms. The molecule has 33 heavy (non-hydrogen) atoms. The normalized spacial score (nSPS) is 14.5. The van der Waals surface area contributed by atoms with E-state index in [4.69, 9.17) is 4.74 Å². The molecule has 1 aromatic heterocycles. The Morgan fingerprint density at radius 2 is 1.67 bits per heavy atom. The lowest BCUT2D eigenvalue weighted by Gasteiger charge is -2.26. The van der Waals surface area contributed by atoms with Gasteiger partial charge in [-0.1, -0.05) is 74.5 Å². The molecule has 0 radical (unpaired) electrons. The van der Waals surface area contributed by atoms with Crippen LogP contribution >= 0.6 is 0 Å². The maximum atomic E-state index is 13.4. The third-order valence-corrected chi connectivity index (χ3v) is 6.10. The molecule has 3 aromatic rings. The molecule has 0 aliphatic carbocycles. The van der Waals surface area contributed by atoms with Crippen molar-refractivity contribution in [1.29, 1.82) is 0 Å². The van der Waals surface area contributed by atoms with Crippen molar-refractivity contribution in [2.45, 2.75) is 26.8 Å². The summed E-state index contributed by atoms with van der Waals surface area (Å²) in [5.74, 6) is 0.473. The van der Waals surface area contributed by atoms with Gasteiger partial charge in [0.15, 0.2) is 0 Å². The second-order valence-corrected chi connectivity index (χ2v) is 9.13. The van der Waals surface area contributed by atoms with E-state index in [0.717, 1.165) is 68.3 Å². The molecule has 0 unspecified atom stereocenters. The zero-order chi connectivity index (χ0) is 23.0. The van der Waals surface area contributed by atoms with Crippen molar-refractivity contribution >= 4 is 5.91 Å². The van der Waals surface area contributed by atoms with E-state index < -0.39 is 0 Å². The van der Waals surface area contributed by atoms with Crippen LogP contribution in [-0.2, 0) is 17.7 Å². The zero-order valence-electron chi connectivity index (χ0n) is 19.8. The first-order valence-corrected chi connectivity index (χ1v) is 12.0. The van der Waals surface area contributed by atoms with Gasteiger partial charge < -0.3 is 14.6 Å². The molecule has 174 valence electrons. The van der Waals surface area contributed by atoms with Crippen molar-refractivity contribution in [2.24, 2.45) is 5.92 Å². The zero-order valence-corrected chi connectivity index (χ0v) is 19.8. The van der Waals surface area contributed by atoms with Gasteiger partial charge in [-0.15, -0.1) is 0 Å². The van der Waals surface area contributed by atoms with Crippen LogP contribution in [-0.4, -0.2) is 54.8 Å². The summed E-state index contributed by atoms with van der Waals surface area (Å²) in [6, 6.07) is 22.9. The molecule has 2 aromatic carbocycles. The summed E-state index contributed by atoms with van der Waals surface area (Å²) in [5.41, 5.74) is 5.31. The summed E-state index contributed by atoms with van der Waals surface area (Å²) in [7, 11) is 0. The smallest absolute Gasteiger partial charge is 0.253 e. The van der Waals surface area contributed by atoms with Crippen LogP contribution in [0.3, 0.4) is 0 Å².